The first-order valence-corrected chi connectivity index (χ1v) is 9.68. The summed E-state index contributed by atoms with van der Waals surface area (Å²) in [5.74, 6) is -0.177. The van der Waals surface area contributed by atoms with E-state index in [2.05, 4.69) is 23.2 Å². The van der Waals surface area contributed by atoms with Crippen molar-refractivity contribution in [3.63, 3.8) is 0 Å². The molecule has 0 radical (unpaired) electrons. The zero-order valence-corrected chi connectivity index (χ0v) is 15.8. The fourth-order valence-electron chi connectivity index (χ4n) is 3.41. The van der Waals surface area contributed by atoms with Crippen molar-refractivity contribution < 1.29 is 4.79 Å². The Morgan fingerprint density at radius 3 is 3.00 bits per heavy atom. The summed E-state index contributed by atoms with van der Waals surface area (Å²) in [7, 11) is 0. The fraction of sp³-hybridized carbons (Fsp3) is 0.300. The molecular formula is C20H22N4OS. The summed E-state index contributed by atoms with van der Waals surface area (Å²) in [4.78, 5) is 21.3. The van der Waals surface area contributed by atoms with E-state index in [-0.39, 0.29) is 5.91 Å². The Balaban J connectivity index is 1.68. The van der Waals surface area contributed by atoms with Crippen molar-refractivity contribution in [2.75, 3.05) is 24.1 Å². The number of nitrogens with zero attached hydrogens (tertiary/aromatic N) is 2. The lowest BCUT2D eigenvalue weighted by atomic mass is 10.0. The van der Waals surface area contributed by atoms with E-state index in [1.807, 2.05) is 31.2 Å². The second-order valence-corrected chi connectivity index (χ2v) is 7.73. The number of pyridine rings is 1. The van der Waals surface area contributed by atoms with Crippen LogP contribution in [-0.4, -0.2) is 28.9 Å². The number of likely N-dealkylation sites (N-methyl/N-ethyl adjacent to an activating group) is 1. The molecule has 3 N–H and O–H groups in total. The molecular weight excluding hydrogens is 344 g/mol. The first-order valence-electron chi connectivity index (χ1n) is 8.86. The van der Waals surface area contributed by atoms with Crippen LogP contribution >= 0.6 is 11.3 Å². The Morgan fingerprint density at radius 1 is 1.38 bits per heavy atom. The Labute approximate surface area is 156 Å². The Kier molecular flexibility index (Phi) is 4.38. The van der Waals surface area contributed by atoms with Gasteiger partial charge in [0, 0.05) is 36.3 Å². The summed E-state index contributed by atoms with van der Waals surface area (Å²) in [6, 6.07) is 9.86. The number of carbonyl (C=O) groups is 1. The van der Waals surface area contributed by atoms with Gasteiger partial charge in [-0.05, 0) is 42.8 Å². The number of nitrogen functional groups attached to an aromatic ring is 1. The van der Waals surface area contributed by atoms with Crippen LogP contribution in [0.1, 0.15) is 33.4 Å². The summed E-state index contributed by atoms with van der Waals surface area (Å²) >= 11 is 1.37. The van der Waals surface area contributed by atoms with E-state index in [4.69, 9.17) is 10.7 Å². The number of amides is 1. The predicted molar refractivity (Wildman–Crippen MR) is 108 cm³/mol. The third kappa shape index (κ3) is 3.06. The summed E-state index contributed by atoms with van der Waals surface area (Å²) < 4.78 is 0. The monoisotopic (exact) mass is 366 g/mol. The Bertz CT molecular complexity index is 995. The van der Waals surface area contributed by atoms with E-state index in [1.54, 1.807) is 0 Å². The normalized spacial score (nSPS) is 14.4. The molecule has 1 aliphatic heterocycles. The molecule has 134 valence electrons. The number of nitrogens with two attached hydrogens (primary N) is 1. The smallest absolute Gasteiger partial charge is 0.267 e. The first-order chi connectivity index (χ1) is 12.5. The summed E-state index contributed by atoms with van der Waals surface area (Å²) in [5.41, 5.74) is 11.1. The van der Waals surface area contributed by atoms with Crippen molar-refractivity contribution in [1.82, 2.24) is 9.88 Å². The number of hydrogen-bond acceptors (Lipinski definition) is 5. The van der Waals surface area contributed by atoms with Crippen LogP contribution in [0.25, 0.3) is 10.2 Å². The van der Waals surface area contributed by atoms with Crippen LogP contribution in [0.4, 0.5) is 11.4 Å². The van der Waals surface area contributed by atoms with Crippen LogP contribution in [0.5, 0.6) is 0 Å². The summed E-state index contributed by atoms with van der Waals surface area (Å²) in [6.45, 7) is 7.13. The van der Waals surface area contributed by atoms with Gasteiger partial charge in [-0.25, -0.2) is 4.98 Å². The molecule has 1 amide bonds. The third-order valence-corrected chi connectivity index (χ3v) is 5.99. The van der Waals surface area contributed by atoms with Gasteiger partial charge in [0.05, 0.1) is 5.69 Å². The van der Waals surface area contributed by atoms with Gasteiger partial charge in [0.15, 0.2) is 0 Å². The molecule has 0 unspecified atom stereocenters. The van der Waals surface area contributed by atoms with Crippen LogP contribution in [-0.2, 0) is 13.0 Å². The van der Waals surface area contributed by atoms with Crippen LogP contribution in [0.3, 0.4) is 0 Å². The highest BCUT2D eigenvalue weighted by molar-refractivity contribution is 7.21. The number of aromatic nitrogens is 1. The molecule has 0 fully saturated rings. The quantitative estimate of drug-likeness (QED) is 0.739. The minimum absolute atomic E-state index is 0.177. The lowest BCUT2D eigenvalue weighted by molar-refractivity contribution is 0.103. The van der Waals surface area contributed by atoms with Crippen molar-refractivity contribution in [3.05, 3.63) is 52.0 Å². The maximum absolute atomic E-state index is 12.7. The molecule has 0 saturated heterocycles. The maximum Gasteiger partial charge on any atom is 0.267 e. The van der Waals surface area contributed by atoms with Crippen molar-refractivity contribution in [1.29, 1.82) is 0 Å². The second kappa shape index (κ2) is 6.70. The average Bonchev–Trinajstić information content (AvgIpc) is 2.95. The number of fused-ring (bicyclic) bond motifs is 2. The van der Waals surface area contributed by atoms with E-state index in [9.17, 15) is 4.79 Å². The lowest BCUT2D eigenvalue weighted by Gasteiger charge is -2.26. The van der Waals surface area contributed by atoms with Gasteiger partial charge in [-0.2, -0.15) is 0 Å². The Hall–Kier alpha value is -2.44. The molecule has 1 aromatic carbocycles. The number of anilines is 2. The minimum atomic E-state index is -0.177. The zero-order valence-electron chi connectivity index (χ0n) is 15.0. The molecule has 0 aliphatic carbocycles. The fourth-order valence-corrected chi connectivity index (χ4v) is 4.40. The van der Waals surface area contributed by atoms with Crippen molar-refractivity contribution >= 4 is 38.8 Å². The van der Waals surface area contributed by atoms with Gasteiger partial charge in [-0.1, -0.05) is 19.1 Å². The number of benzene rings is 1. The summed E-state index contributed by atoms with van der Waals surface area (Å²) in [5, 5.41) is 3.83. The molecule has 6 heteroatoms. The topological polar surface area (TPSA) is 71.2 Å². The van der Waals surface area contributed by atoms with Gasteiger partial charge in [0.25, 0.3) is 5.91 Å². The summed E-state index contributed by atoms with van der Waals surface area (Å²) in [6.07, 6.45) is 0.946. The molecule has 26 heavy (non-hydrogen) atoms. The van der Waals surface area contributed by atoms with E-state index in [0.717, 1.165) is 53.2 Å². The standard InChI is InChI=1S/C20H22N4OS/c1-3-24-8-7-16-13(11-24)10-15-17(21)18(26-20(15)23-16)19(25)22-14-6-4-5-12(2)9-14/h4-6,9-10H,3,7-8,11,21H2,1-2H3,(H,22,25). The Morgan fingerprint density at radius 2 is 2.23 bits per heavy atom. The highest BCUT2D eigenvalue weighted by Crippen LogP contribution is 2.35. The molecule has 0 spiro atoms. The zero-order chi connectivity index (χ0) is 18.3. The maximum atomic E-state index is 12.7. The van der Waals surface area contributed by atoms with E-state index in [0.29, 0.717) is 10.6 Å². The molecule has 5 nitrogen and oxygen atoms in total. The van der Waals surface area contributed by atoms with Gasteiger partial charge in [-0.15, -0.1) is 11.3 Å². The van der Waals surface area contributed by atoms with E-state index in [1.165, 1.54) is 16.9 Å². The molecule has 4 rings (SSSR count). The highest BCUT2D eigenvalue weighted by atomic mass is 32.1. The first kappa shape index (κ1) is 17.0. The molecule has 1 aliphatic rings. The van der Waals surface area contributed by atoms with Crippen molar-refractivity contribution in [3.8, 4) is 0 Å². The van der Waals surface area contributed by atoms with E-state index < -0.39 is 0 Å². The van der Waals surface area contributed by atoms with Gasteiger partial charge in [0.1, 0.15) is 9.71 Å². The second-order valence-electron chi connectivity index (χ2n) is 6.73. The SMILES string of the molecule is CCN1CCc2nc3sc(C(=O)Nc4cccc(C)c4)c(N)c3cc2C1. The van der Waals surface area contributed by atoms with Crippen molar-refractivity contribution in [2.45, 2.75) is 26.8 Å². The van der Waals surface area contributed by atoms with Crippen LogP contribution in [0.15, 0.2) is 30.3 Å². The van der Waals surface area contributed by atoms with Gasteiger partial charge in [0.2, 0.25) is 0 Å². The molecule has 0 bridgehead atoms. The number of thiophene rings is 1. The predicted octanol–water partition coefficient (Wildman–Crippen LogP) is 3.82. The lowest BCUT2D eigenvalue weighted by Crippen LogP contribution is -2.30. The number of aryl methyl sites for hydroxylation is 1. The molecule has 0 atom stereocenters. The van der Waals surface area contributed by atoms with Gasteiger partial charge in [-0.3, -0.25) is 9.69 Å². The number of hydrogen-bond donors (Lipinski definition) is 2. The molecule has 2 aromatic heterocycles. The minimum Gasteiger partial charge on any atom is -0.397 e. The van der Waals surface area contributed by atoms with Gasteiger partial charge < -0.3 is 11.1 Å². The number of rotatable bonds is 3. The number of carbonyl (C=O) groups excluding carboxylic acids is 1. The van der Waals surface area contributed by atoms with Crippen LogP contribution in [0, 0.1) is 6.92 Å². The highest BCUT2D eigenvalue weighted by Gasteiger charge is 2.22. The molecule has 0 saturated carbocycles. The largest absolute Gasteiger partial charge is 0.397 e. The molecule has 3 heterocycles. The molecule has 3 aromatic rings. The number of nitrogens with one attached hydrogen (secondary N) is 1. The van der Waals surface area contributed by atoms with E-state index >= 15 is 0 Å². The van der Waals surface area contributed by atoms with Crippen LogP contribution in [0.2, 0.25) is 0 Å². The third-order valence-electron chi connectivity index (χ3n) is 4.88. The van der Waals surface area contributed by atoms with Crippen molar-refractivity contribution in [2.24, 2.45) is 0 Å². The van der Waals surface area contributed by atoms with Crippen LogP contribution < -0.4 is 11.1 Å². The average molecular weight is 366 g/mol. The van der Waals surface area contributed by atoms with Gasteiger partial charge >= 0.3 is 0 Å².